The third kappa shape index (κ3) is 3.75. The predicted molar refractivity (Wildman–Crippen MR) is 115 cm³/mol. The van der Waals surface area contributed by atoms with E-state index in [9.17, 15) is 14.0 Å². The van der Waals surface area contributed by atoms with Crippen LogP contribution in [0.4, 0.5) is 9.18 Å². The molecule has 5 rings (SSSR count). The number of amides is 2. The van der Waals surface area contributed by atoms with Crippen molar-refractivity contribution in [1.82, 2.24) is 9.80 Å². The molecule has 0 bridgehead atoms. The van der Waals surface area contributed by atoms with E-state index in [0.29, 0.717) is 64.2 Å². The van der Waals surface area contributed by atoms with Crippen LogP contribution in [0.2, 0.25) is 0 Å². The smallest absolute Gasteiger partial charge is 0.410 e. The van der Waals surface area contributed by atoms with Gasteiger partial charge in [-0.1, -0.05) is 42.5 Å². The van der Waals surface area contributed by atoms with Gasteiger partial charge >= 0.3 is 6.09 Å². The molecule has 168 valence electrons. The van der Waals surface area contributed by atoms with Crippen molar-refractivity contribution in [3.63, 3.8) is 0 Å². The molecule has 2 amide bonds. The average Bonchev–Trinajstić information content (AvgIpc) is 3.36. The largest absolute Gasteiger partial charge is 0.439 e. The van der Waals surface area contributed by atoms with Crippen molar-refractivity contribution >= 4 is 12.0 Å². The molecule has 0 radical (unpaired) electrons. The fourth-order valence-electron chi connectivity index (χ4n) is 5.28. The summed E-state index contributed by atoms with van der Waals surface area (Å²) in [7, 11) is 0. The second-order valence-corrected chi connectivity index (χ2v) is 9.07. The quantitative estimate of drug-likeness (QED) is 0.733. The van der Waals surface area contributed by atoms with Gasteiger partial charge in [-0.2, -0.15) is 0 Å². The summed E-state index contributed by atoms with van der Waals surface area (Å²) in [6, 6.07) is 16.1. The molecule has 3 fully saturated rings. The fourth-order valence-corrected chi connectivity index (χ4v) is 5.28. The van der Waals surface area contributed by atoms with Crippen molar-refractivity contribution < 1.29 is 23.5 Å². The lowest BCUT2D eigenvalue weighted by Gasteiger charge is -2.39. The Kier molecular flexibility index (Phi) is 5.37. The highest BCUT2D eigenvalue weighted by Gasteiger charge is 2.53. The number of hydrogen-bond donors (Lipinski definition) is 0. The van der Waals surface area contributed by atoms with Crippen LogP contribution in [-0.4, -0.2) is 60.2 Å². The number of ether oxygens (including phenoxy) is 2. The van der Waals surface area contributed by atoms with Gasteiger partial charge in [-0.25, -0.2) is 9.18 Å². The van der Waals surface area contributed by atoms with Crippen LogP contribution in [0.1, 0.15) is 30.4 Å². The van der Waals surface area contributed by atoms with Crippen LogP contribution < -0.4 is 0 Å². The SMILES string of the molecule is O=C1OC2(CCN(C(=O)C3(c4cccc(F)c4)CCOCC3)C2)CN1Cc1ccccc1. The number of carbonyl (C=O) groups is 2. The van der Waals surface area contributed by atoms with Crippen molar-refractivity contribution in [3.8, 4) is 0 Å². The number of rotatable bonds is 4. The highest BCUT2D eigenvalue weighted by atomic mass is 19.1. The van der Waals surface area contributed by atoms with Gasteiger partial charge in [0.15, 0.2) is 5.60 Å². The molecule has 0 aliphatic carbocycles. The Morgan fingerprint density at radius 1 is 1.00 bits per heavy atom. The second-order valence-electron chi connectivity index (χ2n) is 9.07. The first-order valence-electron chi connectivity index (χ1n) is 11.1. The van der Waals surface area contributed by atoms with E-state index in [1.54, 1.807) is 15.9 Å². The molecule has 3 aliphatic heterocycles. The molecule has 3 aliphatic rings. The van der Waals surface area contributed by atoms with Gasteiger partial charge in [-0.3, -0.25) is 9.69 Å². The summed E-state index contributed by atoms with van der Waals surface area (Å²) in [5.41, 5.74) is 0.245. The van der Waals surface area contributed by atoms with Crippen LogP contribution >= 0.6 is 0 Å². The van der Waals surface area contributed by atoms with Gasteiger partial charge in [0.05, 0.1) is 18.5 Å². The molecule has 1 atom stereocenters. The maximum Gasteiger partial charge on any atom is 0.410 e. The maximum absolute atomic E-state index is 14.0. The number of likely N-dealkylation sites (tertiary alicyclic amines) is 1. The third-order valence-electron chi connectivity index (χ3n) is 6.99. The molecular weight excluding hydrogens is 411 g/mol. The Balaban J connectivity index is 1.34. The van der Waals surface area contributed by atoms with Crippen LogP contribution in [0.5, 0.6) is 0 Å². The summed E-state index contributed by atoms with van der Waals surface area (Å²) in [4.78, 5) is 29.9. The first-order chi connectivity index (χ1) is 15.5. The zero-order chi connectivity index (χ0) is 22.2. The van der Waals surface area contributed by atoms with E-state index in [1.807, 2.05) is 36.4 Å². The van der Waals surface area contributed by atoms with Gasteiger partial charge in [-0.05, 0) is 36.1 Å². The van der Waals surface area contributed by atoms with E-state index >= 15 is 0 Å². The lowest BCUT2D eigenvalue weighted by molar-refractivity contribution is -0.141. The van der Waals surface area contributed by atoms with Crippen LogP contribution in [0.3, 0.4) is 0 Å². The summed E-state index contributed by atoms with van der Waals surface area (Å²) < 4.78 is 25.4. The van der Waals surface area contributed by atoms with Crippen LogP contribution in [0, 0.1) is 5.82 Å². The Morgan fingerprint density at radius 3 is 2.53 bits per heavy atom. The predicted octanol–water partition coefficient (Wildman–Crippen LogP) is 3.50. The Hall–Kier alpha value is -2.93. The molecule has 32 heavy (non-hydrogen) atoms. The monoisotopic (exact) mass is 438 g/mol. The molecule has 2 aromatic carbocycles. The van der Waals surface area contributed by atoms with Crippen molar-refractivity contribution in [2.24, 2.45) is 0 Å². The van der Waals surface area contributed by atoms with Gasteiger partial charge in [0, 0.05) is 32.7 Å². The minimum Gasteiger partial charge on any atom is -0.439 e. The minimum absolute atomic E-state index is 0.0270. The normalized spacial score (nSPS) is 24.7. The minimum atomic E-state index is -0.807. The average molecular weight is 438 g/mol. The molecule has 0 saturated carbocycles. The molecule has 1 spiro atoms. The zero-order valence-corrected chi connectivity index (χ0v) is 18.0. The molecule has 0 N–H and O–H groups in total. The number of carbonyl (C=O) groups excluding carboxylic acids is 2. The van der Waals surface area contributed by atoms with E-state index in [2.05, 4.69) is 0 Å². The van der Waals surface area contributed by atoms with Crippen molar-refractivity contribution in [2.75, 3.05) is 32.8 Å². The van der Waals surface area contributed by atoms with Gasteiger partial charge in [-0.15, -0.1) is 0 Å². The number of halogens is 1. The van der Waals surface area contributed by atoms with E-state index in [1.165, 1.54) is 12.1 Å². The van der Waals surface area contributed by atoms with Gasteiger partial charge < -0.3 is 14.4 Å². The lowest BCUT2D eigenvalue weighted by atomic mass is 9.73. The first kappa shape index (κ1) is 20.9. The van der Waals surface area contributed by atoms with E-state index < -0.39 is 11.0 Å². The molecule has 3 saturated heterocycles. The molecule has 2 aromatic rings. The Bertz CT molecular complexity index is 1010. The summed E-state index contributed by atoms with van der Waals surface area (Å²) in [5, 5.41) is 0. The van der Waals surface area contributed by atoms with E-state index in [4.69, 9.17) is 9.47 Å². The van der Waals surface area contributed by atoms with Crippen molar-refractivity contribution in [3.05, 3.63) is 71.5 Å². The van der Waals surface area contributed by atoms with Crippen molar-refractivity contribution in [2.45, 2.75) is 36.8 Å². The highest BCUT2D eigenvalue weighted by molar-refractivity contribution is 5.89. The number of nitrogens with zero attached hydrogens (tertiary/aromatic N) is 2. The topological polar surface area (TPSA) is 59.1 Å². The molecular formula is C25H27FN2O4. The van der Waals surface area contributed by atoms with Gasteiger partial charge in [0.2, 0.25) is 5.91 Å². The third-order valence-corrected chi connectivity index (χ3v) is 6.99. The van der Waals surface area contributed by atoms with Crippen LogP contribution in [0.25, 0.3) is 0 Å². The first-order valence-corrected chi connectivity index (χ1v) is 11.1. The fraction of sp³-hybridized carbons (Fsp3) is 0.440. The van der Waals surface area contributed by atoms with Crippen LogP contribution in [-0.2, 0) is 26.2 Å². The summed E-state index contributed by atoms with van der Waals surface area (Å²) >= 11 is 0. The number of benzene rings is 2. The van der Waals surface area contributed by atoms with Crippen LogP contribution in [0.15, 0.2) is 54.6 Å². The highest BCUT2D eigenvalue weighted by Crippen LogP contribution is 2.40. The standard InChI is InChI=1S/C25H27FN2O4/c26-21-8-4-7-20(15-21)25(10-13-31-14-11-25)22(29)27-12-9-24(17-27)18-28(23(30)32-24)16-19-5-2-1-3-6-19/h1-8,15H,9-14,16-18H2. The van der Waals surface area contributed by atoms with Crippen molar-refractivity contribution in [1.29, 1.82) is 0 Å². The Labute approximate surface area is 186 Å². The number of hydrogen-bond acceptors (Lipinski definition) is 4. The second kappa shape index (κ2) is 8.20. The van der Waals surface area contributed by atoms with Gasteiger partial charge in [0.1, 0.15) is 5.82 Å². The summed E-state index contributed by atoms with van der Waals surface area (Å²) in [6.07, 6.45) is 1.29. The maximum atomic E-state index is 14.0. The molecule has 6 nitrogen and oxygen atoms in total. The molecule has 0 aromatic heterocycles. The summed E-state index contributed by atoms with van der Waals surface area (Å²) in [6.45, 7) is 2.74. The van der Waals surface area contributed by atoms with E-state index in [0.717, 1.165) is 5.56 Å². The molecule has 7 heteroatoms. The van der Waals surface area contributed by atoms with E-state index in [-0.39, 0.29) is 17.8 Å². The molecule has 1 unspecified atom stereocenters. The molecule has 3 heterocycles. The van der Waals surface area contributed by atoms with Gasteiger partial charge in [0.25, 0.3) is 0 Å². The zero-order valence-electron chi connectivity index (χ0n) is 18.0. The summed E-state index contributed by atoms with van der Waals surface area (Å²) in [5.74, 6) is -0.374. The Morgan fingerprint density at radius 2 is 1.78 bits per heavy atom. The lowest BCUT2D eigenvalue weighted by Crippen LogP contribution is -2.50.